The molecule has 0 saturated heterocycles. The summed E-state index contributed by atoms with van der Waals surface area (Å²) in [5, 5.41) is 0. The van der Waals surface area contributed by atoms with Gasteiger partial charge in [-0.25, -0.2) is 4.79 Å². The normalized spacial score (nSPS) is 17.6. The third kappa shape index (κ3) is 1.95. The van der Waals surface area contributed by atoms with Crippen LogP contribution in [0.3, 0.4) is 0 Å². The molecule has 17 heavy (non-hydrogen) atoms. The molecule has 0 aromatic heterocycles. The molecule has 1 amide bonds. The van der Waals surface area contributed by atoms with E-state index in [1.165, 1.54) is 0 Å². The predicted octanol–water partition coefficient (Wildman–Crippen LogP) is 2.87. The lowest BCUT2D eigenvalue weighted by Gasteiger charge is -2.38. The van der Waals surface area contributed by atoms with Crippen molar-refractivity contribution in [1.29, 1.82) is 0 Å². The van der Waals surface area contributed by atoms with Crippen molar-refractivity contribution in [3.8, 4) is 0 Å². The second-order valence-electron chi connectivity index (χ2n) is 4.81. The van der Waals surface area contributed by atoms with E-state index >= 15 is 0 Å². The van der Waals surface area contributed by atoms with E-state index in [9.17, 15) is 4.79 Å². The number of amides is 1. The SMILES string of the molecule is CCCN1C(=O)OC(C)(C)c2cc(N)ccc21. The first kappa shape index (κ1) is 11.8. The first-order valence-electron chi connectivity index (χ1n) is 5.86. The van der Waals surface area contributed by atoms with Crippen LogP contribution >= 0.6 is 0 Å². The van der Waals surface area contributed by atoms with Gasteiger partial charge in [-0.15, -0.1) is 0 Å². The molecular weight excluding hydrogens is 216 g/mol. The highest BCUT2D eigenvalue weighted by Crippen LogP contribution is 2.39. The lowest BCUT2D eigenvalue weighted by Crippen LogP contribution is -2.43. The van der Waals surface area contributed by atoms with E-state index in [2.05, 4.69) is 0 Å². The molecule has 0 spiro atoms. The number of fused-ring (bicyclic) bond motifs is 1. The molecule has 4 nitrogen and oxygen atoms in total. The lowest BCUT2D eigenvalue weighted by atomic mass is 9.93. The van der Waals surface area contributed by atoms with Gasteiger partial charge in [0.2, 0.25) is 0 Å². The Bertz CT molecular complexity index is 455. The first-order chi connectivity index (χ1) is 7.95. The van der Waals surface area contributed by atoms with E-state index in [4.69, 9.17) is 10.5 Å². The molecular formula is C13H18N2O2. The Kier molecular flexibility index (Phi) is 2.73. The summed E-state index contributed by atoms with van der Waals surface area (Å²) >= 11 is 0. The monoisotopic (exact) mass is 234 g/mol. The molecule has 0 radical (unpaired) electrons. The minimum absolute atomic E-state index is 0.283. The number of nitrogens with two attached hydrogens (primary N) is 1. The van der Waals surface area contributed by atoms with Gasteiger partial charge in [0, 0.05) is 17.8 Å². The Morgan fingerprint density at radius 3 is 2.76 bits per heavy atom. The molecule has 0 aliphatic carbocycles. The fraction of sp³-hybridized carbons (Fsp3) is 0.462. The highest BCUT2D eigenvalue weighted by Gasteiger charge is 2.37. The smallest absolute Gasteiger partial charge is 0.415 e. The highest BCUT2D eigenvalue weighted by molar-refractivity contribution is 5.91. The Labute approximate surface area is 101 Å². The maximum Gasteiger partial charge on any atom is 0.415 e. The molecule has 0 bridgehead atoms. The van der Waals surface area contributed by atoms with Crippen LogP contribution in [0.4, 0.5) is 16.2 Å². The standard InChI is InChI=1S/C13H18N2O2/c1-4-7-15-11-6-5-9(14)8-10(11)13(2,3)17-12(15)16/h5-6,8H,4,7,14H2,1-3H3. The number of carbonyl (C=O) groups is 1. The number of carbonyl (C=O) groups excluding carboxylic acids is 1. The van der Waals surface area contributed by atoms with Gasteiger partial charge in [0.25, 0.3) is 0 Å². The van der Waals surface area contributed by atoms with Crippen molar-refractivity contribution in [2.75, 3.05) is 17.2 Å². The van der Waals surface area contributed by atoms with Crippen LogP contribution in [0.15, 0.2) is 18.2 Å². The van der Waals surface area contributed by atoms with E-state index in [1.54, 1.807) is 4.90 Å². The Morgan fingerprint density at radius 2 is 2.12 bits per heavy atom. The predicted molar refractivity (Wildman–Crippen MR) is 68.0 cm³/mol. The number of ether oxygens (including phenoxy) is 1. The Balaban J connectivity index is 2.54. The average Bonchev–Trinajstić information content (AvgIpc) is 2.24. The van der Waals surface area contributed by atoms with E-state index in [1.807, 2.05) is 39.0 Å². The molecule has 0 fully saturated rings. The zero-order chi connectivity index (χ0) is 12.6. The second kappa shape index (κ2) is 3.95. The van der Waals surface area contributed by atoms with Gasteiger partial charge in [0.05, 0.1) is 5.69 Å². The van der Waals surface area contributed by atoms with Crippen molar-refractivity contribution in [2.24, 2.45) is 0 Å². The van der Waals surface area contributed by atoms with Gasteiger partial charge in [0.15, 0.2) is 0 Å². The van der Waals surface area contributed by atoms with Gasteiger partial charge in [-0.2, -0.15) is 0 Å². The average molecular weight is 234 g/mol. The minimum atomic E-state index is -0.619. The summed E-state index contributed by atoms with van der Waals surface area (Å²) in [4.78, 5) is 13.6. The molecule has 0 unspecified atom stereocenters. The number of benzene rings is 1. The van der Waals surface area contributed by atoms with Gasteiger partial charge in [-0.05, 0) is 38.5 Å². The minimum Gasteiger partial charge on any atom is -0.438 e. The van der Waals surface area contributed by atoms with E-state index in [0.29, 0.717) is 12.2 Å². The van der Waals surface area contributed by atoms with Crippen LogP contribution in [0.1, 0.15) is 32.8 Å². The summed E-state index contributed by atoms with van der Waals surface area (Å²) < 4.78 is 5.45. The number of rotatable bonds is 2. The summed E-state index contributed by atoms with van der Waals surface area (Å²) in [5.74, 6) is 0. The lowest BCUT2D eigenvalue weighted by molar-refractivity contribution is 0.0351. The van der Waals surface area contributed by atoms with Crippen LogP contribution in [0.5, 0.6) is 0 Å². The number of anilines is 2. The van der Waals surface area contributed by atoms with Crippen LogP contribution in [0.25, 0.3) is 0 Å². The van der Waals surface area contributed by atoms with Crippen molar-refractivity contribution >= 4 is 17.5 Å². The summed E-state index contributed by atoms with van der Waals surface area (Å²) in [6.07, 6.45) is 0.605. The summed E-state index contributed by atoms with van der Waals surface area (Å²) in [5.41, 5.74) is 7.73. The molecule has 1 aliphatic rings. The second-order valence-corrected chi connectivity index (χ2v) is 4.81. The molecule has 1 aromatic rings. The third-order valence-corrected chi connectivity index (χ3v) is 2.97. The molecule has 2 N–H and O–H groups in total. The quantitative estimate of drug-likeness (QED) is 0.800. The molecule has 92 valence electrons. The van der Waals surface area contributed by atoms with Gasteiger partial charge in [-0.1, -0.05) is 6.92 Å². The molecule has 4 heteroatoms. The van der Waals surface area contributed by atoms with Gasteiger partial charge >= 0.3 is 6.09 Å². The molecule has 1 aliphatic heterocycles. The van der Waals surface area contributed by atoms with Crippen LogP contribution < -0.4 is 10.6 Å². The molecule has 1 heterocycles. The molecule has 1 aromatic carbocycles. The topological polar surface area (TPSA) is 55.6 Å². The highest BCUT2D eigenvalue weighted by atomic mass is 16.6. The molecule has 0 saturated carbocycles. The maximum atomic E-state index is 11.9. The Hall–Kier alpha value is -1.71. The first-order valence-corrected chi connectivity index (χ1v) is 5.86. The van der Waals surface area contributed by atoms with Crippen LogP contribution in [-0.2, 0) is 10.3 Å². The number of cyclic esters (lactones) is 1. The van der Waals surface area contributed by atoms with Gasteiger partial charge < -0.3 is 10.5 Å². The Morgan fingerprint density at radius 1 is 1.41 bits per heavy atom. The van der Waals surface area contributed by atoms with Crippen molar-refractivity contribution in [3.05, 3.63) is 23.8 Å². The van der Waals surface area contributed by atoms with Gasteiger partial charge in [-0.3, -0.25) is 4.90 Å². The van der Waals surface area contributed by atoms with E-state index < -0.39 is 5.60 Å². The van der Waals surface area contributed by atoms with E-state index in [0.717, 1.165) is 17.7 Å². The largest absolute Gasteiger partial charge is 0.438 e. The van der Waals surface area contributed by atoms with Crippen molar-refractivity contribution in [3.63, 3.8) is 0 Å². The summed E-state index contributed by atoms with van der Waals surface area (Å²) in [7, 11) is 0. The number of nitrogens with zero attached hydrogens (tertiary/aromatic N) is 1. The van der Waals surface area contributed by atoms with Crippen LogP contribution in [0, 0.1) is 0 Å². The van der Waals surface area contributed by atoms with Crippen LogP contribution in [-0.4, -0.2) is 12.6 Å². The van der Waals surface area contributed by atoms with Crippen LogP contribution in [0.2, 0.25) is 0 Å². The number of nitrogen functional groups attached to an aromatic ring is 1. The van der Waals surface area contributed by atoms with Crippen molar-refractivity contribution in [2.45, 2.75) is 32.8 Å². The summed E-state index contributed by atoms with van der Waals surface area (Å²) in [6.45, 7) is 6.45. The number of hydrogen-bond donors (Lipinski definition) is 1. The van der Waals surface area contributed by atoms with Gasteiger partial charge in [0.1, 0.15) is 5.60 Å². The van der Waals surface area contributed by atoms with Crippen molar-refractivity contribution < 1.29 is 9.53 Å². The van der Waals surface area contributed by atoms with Crippen molar-refractivity contribution in [1.82, 2.24) is 0 Å². The molecule has 0 atom stereocenters. The van der Waals surface area contributed by atoms with E-state index in [-0.39, 0.29) is 6.09 Å². The fourth-order valence-electron chi connectivity index (χ4n) is 2.13. The third-order valence-electron chi connectivity index (χ3n) is 2.97. The maximum absolute atomic E-state index is 11.9. The fourth-order valence-corrected chi connectivity index (χ4v) is 2.13. The molecule has 2 rings (SSSR count). The zero-order valence-electron chi connectivity index (χ0n) is 10.5. The summed E-state index contributed by atoms with van der Waals surface area (Å²) in [6, 6.07) is 5.59. The number of hydrogen-bond acceptors (Lipinski definition) is 3. The zero-order valence-corrected chi connectivity index (χ0v) is 10.5.